The maximum atomic E-state index is 12.0. The summed E-state index contributed by atoms with van der Waals surface area (Å²) >= 11 is 0. The number of likely N-dealkylation sites (tertiary alicyclic amines) is 1. The number of aryl methyl sites for hydroxylation is 1. The molecule has 0 spiro atoms. The Balaban J connectivity index is 1.88. The van der Waals surface area contributed by atoms with Crippen molar-refractivity contribution in [1.29, 1.82) is 0 Å². The fraction of sp³-hybridized carbons (Fsp3) is 0.600. The standard InChI is InChI=1S/C15H23N3O2/c1-11-9-12(5-7-16-11)17-13-6-8-18(10-13)14(19)20-15(2,3)4/h5,7,9,13H,6,8,10H2,1-4H3,(H,16,17)/t13-/m0/s1. The highest BCUT2D eigenvalue weighted by Gasteiger charge is 2.29. The summed E-state index contributed by atoms with van der Waals surface area (Å²) in [4.78, 5) is 17.9. The zero-order valence-corrected chi connectivity index (χ0v) is 12.6. The monoisotopic (exact) mass is 277 g/mol. The van der Waals surface area contributed by atoms with E-state index in [0.717, 1.165) is 24.3 Å². The van der Waals surface area contributed by atoms with Gasteiger partial charge in [-0.25, -0.2) is 4.79 Å². The lowest BCUT2D eigenvalue weighted by atomic mass is 10.2. The molecule has 0 aromatic carbocycles. The second-order valence-electron chi connectivity index (χ2n) is 6.24. The topological polar surface area (TPSA) is 54.5 Å². The Morgan fingerprint density at radius 2 is 2.25 bits per heavy atom. The first-order chi connectivity index (χ1) is 9.33. The third kappa shape index (κ3) is 4.11. The molecule has 0 radical (unpaired) electrons. The molecular weight excluding hydrogens is 254 g/mol. The van der Waals surface area contributed by atoms with Crippen LogP contribution in [0, 0.1) is 6.92 Å². The van der Waals surface area contributed by atoms with Crippen LogP contribution in [0.3, 0.4) is 0 Å². The fourth-order valence-electron chi connectivity index (χ4n) is 2.24. The zero-order chi connectivity index (χ0) is 14.8. The van der Waals surface area contributed by atoms with Crippen LogP contribution in [-0.2, 0) is 4.74 Å². The molecular formula is C15H23N3O2. The molecule has 1 N–H and O–H groups in total. The lowest BCUT2D eigenvalue weighted by Crippen LogP contribution is -2.36. The molecule has 2 heterocycles. The van der Waals surface area contributed by atoms with Crippen molar-refractivity contribution in [3.05, 3.63) is 24.0 Å². The molecule has 0 unspecified atom stereocenters. The van der Waals surface area contributed by atoms with E-state index in [4.69, 9.17) is 4.74 Å². The first-order valence-electron chi connectivity index (χ1n) is 7.00. The number of carbonyl (C=O) groups excluding carboxylic acids is 1. The highest BCUT2D eigenvalue weighted by atomic mass is 16.6. The summed E-state index contributed by atoms with van der Waals surface area (Å²) in [6, 6.07) is 4.23. The number of anilines is 1. The number of hydrogen-bond acceptors (Lipinski definition) is 4. The Morgan fingerprint density at radius 1 is 1.50 bits per heavy atom. The van der Waals surface area contributed by atoms with Crippen molar-refractivity contribution in [2.24, 2.45) is 0 Å². The van der Waals surface area contributed by atoms with Gasteiger partial charge < -0.3 is 15.0 Å². The first-order valence-corrected chi connectivity index (χ1v) is 7.00. The Labute approximate surface area is 120 Å². The Hall–Kier alpha value is -1.78. The van der Waals surface area contributed by atoms with Crippen molar-refractivity contribution in [1.82, 2.24) is 9.88 Å². The highest BCUT2D eigenvalue weighted by molar-refractivity contribution is 5.68. The second-order valence-corrected chi connectivity index (χ2v) is 6.24. The van der Waals surface area contributed by atoms with Crippen LogP contribution in [0.15, 0.2) is 18.3 Å². The lowest BCUT2D eigenvalue weighted by molar-refractivity contribution is 0.0293. The summed E-state index contributed by atoms with van der Waals surface area (Å²) in [5.41, 5.74) is 1.59. The van der Waals surface area contributed by atoms with Gasteiger partial charge in [0.2, 0.25) is 0 Å². The summed E-state index contributed by atoms with van der Waals surface area (Å²) in [6.07, 6.45) is 2.49. The molecule has 5 heteroatoms. The molecule has 1 saturated heterocycles. The summed E-state index contributed by atoms with van der Waals surface area (Å²) < 4.78 is 5.39. The Kier molecular flexibility index (Phi) is 4.16. The van der Waals surface area contributed by atoms with Crippen molar-refractivity contribution in [2.45, 2.75) is 45.8 Å². The minimum Gasteiger partial charge on any atom is -0.444 e. The van der Waals surface area contributed by atoms with Crippen LogP contribution >= 0.6 is 0 Å². The molecule has 1 aliphatic heterocycles. The van der Waals surface area contributed by atoms with Crippen molar-refractivity contribution >= 4 is 11.8 Å². The van der Waals surface area contributed by atoms with Gasteiger partial charge in [-0.3, -0.25) is 4.98 Å². The fourth-order valence-corrected chi connectivity index (χ4v) is 2.24. The van der Waals surface area contributed by atoms with Gasteiger partial charge in [0.05, 0.1) is 0 Å². The molecule has 110 valence electrons. The smallest absolute Gasteiger partial charge is 0.410 e. The van der Waals surface area contributed by atoms with E-state index in [-0.39, 0.29) is 12.1 Å². The van der Waals surface area contributed by atoms with Gasteiger partial charge in [-0.15, -0.1) is 0 Å². The Bertz CT molecular complexity index is 482. The number of hydrogen-bond donors (Lipinski definition) is 1. The van der Waals surface area contributed by atoms with E-state index in [0.29, 0.717) is 6.54 Å². The number of nitrogens with zero attached hydrogens (tertiary/aromatic N) is 2. The van der Waals surface area contributed by atoms with Crippen molar-refractivity contribution in [3.8, 4) is 0 Å². The van der Waals surface area contributed by atoms with Crippen LogP contribution in [0.1, 0.15) is 32.9 Å². The summed E-state index contributed by atoms with van der Waals surface area (Å²) in [5.74, 6) is 0. The molecule has 1 aromatic heterocycles. The molecule has 5 nitrogen and oxygen atoms in total. The van der Waals surface area contributed by atoms with Gasteiger partial charge in [-0.2, -0.15) is 0 Å². The van der Waals surface area contributed by atoms with E-state index < -0.39 is 5.60 Å². The number of carbonyl (C=O) groups is 1. The maximum absolute atomic E-state index is 12.0. The minimum atomic E-state index is -0.440. The normalized spacial score (nSPS) is 19.0. The van der Waals surface area contributed by atoms with Crippen molar-refractivity contribution < 1.29 is 9.53 Å². The van der Waals surface area contributed by atoms with Gasteiger partial charge in [0, 0.05) is 36.7 Å². The number of nitrogens with one attached hydrogen (secondary N) is 1. The number of ether oxygens (including phenoxy) is 1. The predicted octanol–water partition coefficient (Wildman–Crippen LogP) is 2.81. The molecule has 0 bridgehead atoms. The van der Waals surface area contributed by atoms with Crippen LogP contribution < -0.4 is 5.32 Å². The van der Waals surface area contributed by atoms with Crippen LogP contribution in [0.5, 0.6) is 0 Å². The van der Waals surface area contributed by atoms with Gasteiger partial charge >= 0.3 is 6.09 Å². The quantitative estimate of drug-likeness (QED) is 0.903. The summed E-state index contributed by atoms with van der Waals surface area (Å²) in [5, 5.41) is 3.44. The molecule has 1 atom stereocenters. The van der Waals surface area contributed by atoms with Gasteiger partial charge in [0.25, 0.3) is 0 Å². The first kappa shape index (κ1) is 14.6. The third-order valence-electron chi connectivity index (χ3n) is 3.11. The average molecular weight is 277 g/mol. The van der Waals surface area contributed by atoms with E-state index in [1.165, 1.54) is 0 Å². The SMILES string of the molecule is Cc1cc(N[C@H]2CCN(C(=O)OC(C)(C)C)C2)ccn1. The molecule has 1 amide bonds. The van der Waals surface area contributed by atoms with E-state index in [1.54, 1.807) is 11.1 Å². The van der Waals surface area contributed by atoms with Crippen LogP contribution in [0.2, 0.25) is 0 Å². The van der Waals surface area contributed by atoms with Crippen LogP contribution in [0.25, 0.3) is 0 Å². The number of pyridine rings is 1. The molecule has 20 heavy (non-hydrogen) atoms. The van der Waals surface area contributed by atoms with E-state index in [9.17, 15) is 4.79 Å². The maximum Gasteiger partial charge on any atom is 0.410 e. The van der Waals surface area contributed by atoms with Crippen LogP contribution in [0.4, 0.5) is 10.5 Å². The van der Waals surface area contributed by atoms with E-state index in [1.807, 2.05) is 39.8 Å². The Morgan fingerprint density at radius 3 is 2.90 bits per heavy atom. The average Bonchev–Trinajstić information content (AvgIpc) is 2.75. The minimum absolute atomic E-state index is 0.229. The van der Waals surface area contributed by atoms with Crippen LogP contribution in [-0.4, -0.2) is 40.7 Å². The summed E-state index contributed by atoms with van der Waals surface area (Å²) in [6.45, 7) is 9.03. The highest BCUT2D eigenvalue weighted by Crippen LogP contribution is 2.18. The molecule has 1 aliphatic rings. The molecule has 1 aromatic rings. The van der Waals surface area contributed by atoms with E-state index >= 15 is 0 Å². The largest absolute Gasteiger partial charge is 0.444 e. The number of rotatable bonds is 2. The van der Waals surface area contributed by atoms with Crippen molar-refractivity contribution in [2.75, 3.05) is 18.4 Å². The molecule has 1 fully saturated rings. The van der Waals surface area contributed by atoms with Gasteiger partial charge in [-0.05, 0) is 46.2 Å². The van der Waals surface area contributed by atoms with Gasteiger partial charge in [0.1, 0.15) is 5.60 Å². The van der Waals surface area contributed by atoms with Crippen molar-refractivity contribution in [3.63, 3.8) is 0 Å². The number of aromatic nitrogens is 1. The summed E-state index contributed by atoms with van der Waals surface area (Å²) in [7, 11) is 0. The van der Waals surface area contributed by atoms with Gasteiger partial charge in [0.15, 0.2) is 0 Å². The molecule has 0 saturated carbocycles. The van der Waals surface area contributed by atoms with E-state index in [2.05, 4.69) is 10.3 Å². The third-order valence-corrected chi connectivity index (χ3v) is 3.11. The number of amides is 1. The lowest BCUT2D eigenvalue weighted by Gasteiger charge is -2.24. The predicted molar refractivity (Wildman–Crippen MR) is 78.8 cm³/mol. The van der Waals surface area contributed by atoms with Gasteiger partial charge in [-0.1, -0.05) is 0 Å². The second kappa shape index (κ2) is 5.69. The molecule has 0 aliphatic carbocycles. The zero-order valence-electron chi connectivity index (χ0n) is 12.6. The molecule has 2 rings (SSSR count).